The van der Waals surface area contributed by atoms with Crippen molar-refractivity contribution in [3.05, 3.63) is 47.0 Å². The van der Waals surface area contributed by atoms with Crippen molar-refractivity contribution in [2.75, 3.05) is 0 Å². The Kier molecular flexibility index (Phi) is 9.84. The van der Waals surface area contributed by atoms with E-state index < -0.39 is 0 Å². The van der Waals surface area contributed by atoms with Gasteiger partial charge in [0.25, 0.3) is 0 Å². The van der Waals surface area contributed by atoms with E-state index in [1.54, 1.807) is 5.57 Å². The van der Waals surface area contributed by atoms with Crippen LogP contribution in [0.25, 0.3) is 0 Å². The highest BCUT2D eigenvalue weighted by molar-refractivity contribution is 5.24. The van der Waals surface area contributed by atoms with Crippen LogP contribution in [0.4, 0.5) is 0 Å². The summed E-state index contributed by atoms with van der Waals surface area (Å²) in [6, 6.07) is 9.52. The predicted molar refractivity (Wildman–Crippen MR) is 128 cm³/mol. The Morgan fingerprint density at radius 3 is 2.03 bits per heavy atom. The average Bonchev–Trinajstić information content (AvgIpc) is 2.77. The van der Waals surface area contributed by atoms with Gasteiger partial charge in [0.2, 0.25) is 0 Å². The molecule has 1 unspecified atom stereocenters. The minimum absolute atomic E-state index is 0.994. The Hall–Kier alpha value is -1.04. The Morgan fingerprint density at radius 2 is 1.41 bits per heavy atom. The highest BCUT2D eigenvalue weighted by Crippen LogP contribution is 2.41. The first-order chi connectivity index (χ1) is 14.3. The number of benzene rings is 1. The smallest absolute Gasteiger partial charge is 0.0241 e. The molecular formula is C29H46. The quantitative estimate of drug-likeness (QED) is 0.259. The Balaban J connectivity index is 1.35. The Morgan fingerprint density at radius 1 is 0.690 bits per heavy atom. The molecule has 1 saturated carbocycles. The summed E-state index contributed by atoms with van der Waals surface area (Å²) >= 11 is 0. The maximum atomic E-state index is 2.63. The van der Waals surface area contributed by atoms with Gasteiger partial charge < -0.3 is 0 Å². The van der Waals surface area contributed by atoms with Gasteiger partial charge in [-0.1, -0.05) is 94.7 Å². The third-order valence-electron chi connectivity index (χ3n) is 7.88. The molecule has 0 nitrogen and oxygen atoms in total. The lowest BCUT2D eigenvalue weighted by atomic mass is 9.70. The van der Waals surface area contributed by atoms with Gasteiger partial charge in [0.1, 0.15) is 0 Å². The number of rotatable bonds is 11. The molecule has 1 aromatic carbocycles. The van der Waals surface area contributed by atoms with E-state index in [4.69, 9.17) is 0 Å². The third-order valence-corrected chi connectivity index (χ3v) is 7.88. The van der Waals surface area contributed by atoms with Crippen LogP contribution >= 0.6 is 0 Å². The second-order valence-electron chi connectivity index (χ2n) is 10.1. The van der Waals surface area contributed by atoms with E-state index in [0.29, 0.717) is 0 Å². The standard InChI is InChI=1S/C29H46/c1-3-5-6-7-9-25-10-12-26(13-11-25)14-15-27-18-22-29(23-19-27)28-20-16-24(8-4-2)17-21-28/h10-13,18,24,28-29H,3-9,14-17,19-23H2,1-2H3. The summed E-state index contributed by atoms with van der Waals surface area (Å²) in [5.41, 5.74) is 4.79. The summed E-state index contributed by atoms with van der Waals surface area (Å²) in [7, 11) is 0. The zero-order valence-corrected chi connectivity index (χ0v) is 19.4. The van der Waals surface area contributed by atoms with Crippen molar-refractivity contribution in [2.24, 2.45) is 17.8 Å². The van der Waals surface area contributed by atoms with E-state index in [9.17, 15) is 0 Å². The summed E-state index contributed by atoms with van der Waals surface area (Å²) in [5, 5.41) is 0. The minimum atomic E-state index is 0.994. The van der Waals surface area contributed by atoms with Crippen molar-refractivity contribution in [3.8, 4) is 0 Å². The zero-order chi connectivity index (χ0) is 20.3. The third kappa shape index (κ3) is 7.62. The summed E-state index contributed by atoms with van der Waals surface area (Å²) in [6.07, 6.45) is 25.0. The largest absolute Gasteiger partial charge is 0.0850 e. The van der Waals surface area contributed by atoms with Crippen LogP contribution in [0.1, 0.15) is 115 Å². The van der Waals surface area contributed by atoms with Gasteiger partial charge in [-0.15, -0.1) is 0 Å². The van der Waals surface area contributed by atoms with Crippen LogP contribution in [0.5, 0.6) is 0 Å². The number of hydrogen-bond acceptors (Lipinski definition) is 0. The maximum absolute atomic E-state index is 2.63. The Bertz CT molecular complexity index is 585. The zero-order valence-electron chi connectivity index (χ0n) is 19.4. The summed E-state index contributed by atoms with van der Waals surface area (Å²) in [5.74, 6) is 3.08. The average molecular weight is 395 g/mol. The lowest BCUT2D eigenvalue weighted by Crippen LogP contribution is -2.23. The van der Waals surface area contributed by atoms with Gasteiger partial charge in [0.15, 0.2) is 0 Å². The first-order valence-corrected chi connectivity index (χ1v) is 13.0. The molecule has 162 valence electrons. The normalized spacial score (nSPS) is 25.0. The van der Waals surface area contributed by atoms with E-state index in [1.165, 1.54) is 114 Å². The van der Waals surface area contributed by atoms with Crippen molar-refractivity contribution >= 4 is 0 Å². The van der Waals surface area contributed by atoms with Crippen molar-refractivity contribution in [1.29, 1.82) is 0 Å². The fraction of sp³-hybridized carbons (Fsp3) is 0.724. The van der Waals surface area contributed by atoms with Crippen LogP contribution in [0.15, 0.2) is 35.9 Å². The molecule has 1 atom stereocenters. The molecule has 1 aromatic rings. The number of allylic oxidation sites excluding steroid dienone is 2. The van der Waals surface area contributed by atoms with Gasteiger partial charge in [0.05, 0.1) is 0 Å². The van der Waals surface area contributed by atoms with Gasteiger partial charge in [-0.25, -0.2) is 0 Å². The molecule has 0 saturated heterocycles. The first kappa shape index (κ1) is 22.6. The van der Waals surface area contributed by atoms with Gasteiger partial charge in [0, 0.05) is 0 Å². The molecule has 29 heavy (non-hydrogen) atoms. The molecule has 0 N–H and O–H groups in total. The van der Waals surface area contributed by atoms with Crippen molar-refractivity contribution in [2.45, 2.75) is 117 Å². The second kappa shape index (κ2) is 12.6. The van der Waals surface area contributed by atoms with E-state index in [2.05, 4.69) is 44.2 Å². The molecule has 0 heterocycles. The van der Waals surface area contributed by atoms with Gasteiger partial charge in [-0.05, 0) is 86.7 Å². The number of hydrogen-bond donors (Lipinski definition) is 0. The lowest BCUT2D eigenvalue weighted by Gasteiger charge is -2.35. The molecule has 2 aliphatic carbocycles. The summed E-state index contributed by atoms with van der Waals surface area (Å²) < 4.78 is 0. The van der Waals surface area contributed by atoms with Crippen molar-refractivity contribution < 1.29 is 0 Å². The number of aryl methyl sites for hydroxylation is 2. The maximum Gasteiger partial charge on any atom is -0.0241 e. The molecule has 0 aliphatic heterocycles. The number of unbranched alkanes of at least 4 members (excludes halogenated alkanes) is 3. The van der Waals surface area contributed by atoms with E-state index >= 15 is 0 Å². The fourth-order valence-electron chi connectivity index (χ4n) is 5.85. The molecule has 0 radical (unpaired) electrons. The van der Waals surface area contributed by atoms with Crippen LogP contribution in [-0.4, -0.2) is 0 Å². The van der Waals surface area contributed by atoms with E-state index in [0.717, 1.165) is 17.8 Å². The van der Waals surface area contributed by atoms with Crippen molar-refractivity contribution in [1.82, 2.24) is 0 Å². The molecule has 0 amide bonds. The molecular weight excluding hydrogens is 348 g/mol. The van der Waals surface area contributed by atoms with Gasteiger partial charge >= 0.3 is 0 Å². The molecule has 0 heteroatoms. The molecule has 0 spiro atoms. The lowest BCUT2D eigenvalue weighted by molar-refractivity contribution is 0.186. The molecule has 1 fully saturated rings. The highest BCUT2D eigenvalue weighted by atomic mass is 14.3. The van der Waals surface area contributed by atoms with Crippen LogP contribution in [-0.2, 0) is 12.8 Å². The van der Waals surface area contributed by atoms with E-state index in [1.807, 2.05) is 0 Å². The van der Waals surface area contributed by atoms with Crippen LogP contribution in [0.3, 0.4) is 0 Å². The van der Waals surface area contributed by atoms with Crippen molar-refractivity contribution in [3.63, 3.8) is 0 Å². The Labute approximate surface area is 181 Å². The van der Waals surface area contributed by atoms with Gasteiger partial charge in [-0.2, -0.15) is 0 Å². The highest BCUT2D eigenvalue weighted by Gasteiger charge is 2.28. The summed E-state index contributed by atoms with van der Waals surface area (Å²) in [4.78, 5) is 0. The predicted octanol–water partition coefficient (Wildman–Crippen LogP) is 9.08. The molecule has 2 aliphatic rings. The van der Waals surface area contributed by atoms with Crippen LogP contribution < -0.4 is 0 Å². The SMILES string of the molecule is CCCCCCc1ccc(CCC2=CCC(C3CCC(CCC)CC3)CC2)cc1. The van der Waals surface area contributed by atoms with Gasteiger partial charge in [-0.3, -0.25) is 0 Å². The molecule has 0 bridgehead atoms. The topological polar surface area (TPSA) is 0 Å². The summed E-state index contributed by atoms with van der Waals surface area (Å²) in [6.45, 7) is 4.64. The fourth-order valence-corrected chi connectivity index (χ4v) is 5.85. The molecule has 0 aromatic heterocycles. The molecule has 3 rings (SSSR count). The van der Waals surface area contributed by atoms with Crippen LogP contribution in [0.2, 0.25) is 0 Å². The second-order valence-corrected chi connectivity index (χ2v) is 10.1. The van der Waals surface area contributed by atoms with E-state index in [-0.39, 0.29) is 0 Å². The minimum Gasteiger partial charge on any atom is -0.0850 e. The monoisotopic (exact) mass is 394 g/mol. The van der Waals surface area contributed by atoms with Crippen LogP contribution in [0, 0.1) is 17.8 Å². The first-order valence-electron chi connectivity index (χ1n) is 13.0.